The van der Waals surface area contributed by atoms with Crippen LogP contribution in [0.15, 0.2) is 18.2 Å². The number of benzene rings is 1. The highest BCUT2D eigenvalue weighted by Crippen LogP contribution is 2.33. The van der Waals surface area contributed by atoms with Crippen molar-refractivity contribution in [3.8, 4) is 0 Å². The van der Waals surface area contributed by atoms with Gasteiger partial charge in [0.25, 0.3) is 5.91 Å². The molecule has 5 nitrogen and oxygen atoms in total. The summed E-state index contributed by atoms with van der Waals surface area (Å²) in [5.74, 6) is -0.216. The van der Waals surface area contributed by atoms with Crippen molar-refractivity contribution in [3.05, 3.63) is 29.3 Å². The quantitative estimate of drug-likeness (QED) is 0.617. The number of amides is 1. The Labute approximate surface area is 129 Å². The maximum Gasteiger partial charge on any atom is 0.255 e. The third-order valence-electron chi connectivity index (χ3n) is 4.51. The van der Waals surface area contributed by atoms with Crippen molar-refractivity contribution >= 4 is 23.2 Å². The van der Waals surface area contributed by atoms with E-state index in [0.717, 1.165) is 11.3 Å². The van der Waals surface area contributed by atoms with Crippen LogP contribution in [0.3, 0.4) is 0 Å². The molecule has 0 N–H and O–H groups in total. The van der Waals surface area contributed by atoms with Crippen molar-refractivity contribution in [2.24, 2.45) is 0 Å². The Balaban J connectivity index is 1.92. The van der Waals surface area contributed by atoms with E-state index in [1.807, 2.05) is 37.2 Å². The zero-order valence-electron chi connectivity index (χ0n) is 13.0. The summed E-state index contributed by atoms with van der Waals surface area (Å²) < 4.78 is 0. The first kappa shape index (κ1) is 14.8. The first-order chi connectivity index (χ1) is 10.5. The Morgan fingerprint density at radius 2 is 1.95 bits per heavy atom. The molecular formula is C17H20N2O3. The first-order valence-electron chi connectivity index (χ1n) is 7.63. The lowest BCUT2D eigenvalue weighted by Gasteiger charge is -2.25. The lowest BCUT2D eigenvalue weighted by molar-refractivity contribution is -0.128. The van der Waals surface area contributed by atoms with Crippen LogP contribution >= 0.6 is 0 Å². The number of ketones is 2. The molecule has 1 saturated carbocycles. The van der Waals surface area contributed by atoms with Crippen LogP contribution in [0.5, 0.6) is 0 Å². The Morgan fingerprint density at radius 3 is 2.68 bits per heavy atom. The molecule has 1 heterocycles. The second-order valence-corrected chi connectivity index (χ2v) is 6.22. The lowest BCUT2D eigenvalue weighted by atomic mass is 10.1. The highest BCUT2D eigenvalue weighted by molar-refractivity contribution is 6.06. The van der Waals surface area contributed by atoms with Crippen LogP contribution in [0.2, 0.25) is 0 Å². The van der Waals surface area contributed by atoms with E-state index in [2.05, 4.69) is 0 Å². The topological polar surface area (TPSA) is 57.7 Å². The predicted molar refractivity (Wildman–Crippen MR) is 82.9 cm³/mol. The smallest absolute Gasteiger partial charge is 0.255 e. The van der Waals surface area contributed by atoms with Gasteiger partial charge in [0.2, 0.25) is 0 Å². The number of rotatable bonds is 2. The molecule has 0 radical (unpaired) electrons. The van der Waals surface area contributed by atoms with Gasteiger partial charge in [-0.05, 0) is 25.0 Å². The summed E-state index contributed by atoms with van der Waals surface area (Å²) in [6, 6.07) is 5.21. The van der Waals surface area contributed by atoms with Crippen molar-refractivity contribution in [3.63, 3.8) is 0 Å². The van der Waals surface area contributed by atoms with Crippen LogP contribution in [0.25, 0.3) is 0 Å². The van der Waals surface area contributed by atoms with Gasteiger partial charge in [0.15, 0.2) is 5.78 Å². The van der Waals surface area contributed by atoms with Gasteiger partial charge in [-0.25, -0.2) is 0 Å². The number of Topliss-reactive ketones (excluding diaryl/α,β-unsaturated/α-hetero) is 2. The Bertz CT molecular complexity index is 651. The highest BCUT2D eigenvalue weighted by Gasteiger charge is 2.38. The Hall–Kier alpha value is -2.17. The van der Waals surface area contributed by atoms with E-state index in [9.17, 15) is 14.4 Å². The molecule has 1 aliphatic carbocycles. The Morgan fingerprint density at radius 1 is 1.18 bits per heavy atom. The number of anilines is 1. The zero-order chi connectivity index (χ0) is 15.9. The molecule has 0 spiro atoms. The second-order valence-electron chi connectivity index (χ2n) is 6.22. The van der Waals surface area contributed by atoms with Crippen molar-refractivity contribution in [1.29, 1.82) is 0 Å². The van der Waals surface area contributed by atoms with Crippen molar-refractivity contribution in [2.45, 2.75) is 38.3 Å². The van der Waals surface area contributed by atoms with Gasteiger partial charge in [0, 0.05) is 43.9 Å². The molecule has 0 aromatic heterocycles. The number of hydrogen-bond acceptors (Lipinski definition) is 4. The molecule has 116 valence electrons. The maximum atomic E-state index is 12.7. The first-order valence-corrected chi connectivity index (χ1v) is 7.63. The van der Waals surface area contributed by atoms with Gasteiger partial charge in [-0.1, -0.05) is 6.07 Å². The van der Waals surface area contributed by atoms with Crippen LogP contribution in [0.4, 0.5) is 5.69 Å². The van der Waals surface area contributed by atoms with Crippen molar-refractivity contribution in [1.82, 2.24) is 4.90 Å². The van der Waals surface area contributed by atoms with Gasteiger partial charge < -0.3 is 9.80 Å². The number of fused-ring (bicyclic) bond motifs is 1. The summed E-state index contributed by atoms with van der Waals surface area (Å²) in [5.41, 5.74) is 2.65. The molecule has 1 aromatic rings. The van der Waals surface area contributed by atoms with E-state index in [1.54, 1.807) is 4.90 Å². The number of carbonyl (C=O) groups excluding carboxylic acids is 3. The maximum absolute atomic E-state index is 12.7. The third-order valence-corrected chi connectivity index (χ3v) is 4.51. The molecule has 1 aliphatic heterocycles. The van der Waals surface area contributed by atoms with E-state index in [0.29, 0.717) is 31.4 Å². The SMILES string of the molecule is CN(C)c1cccc2c1CN([C@H]1CCCC(=O)CC1=O)C2=O. The fourth-order valence-electron chi connectivity index (χ4n) is 3.39. The Kier molecular flexibility index (Phi) is 3.72. The molecule has 5 heteroatoms. The molecule has 3 rings (SSSR count). The van der Waals surface area contributed by atoms with E-state index < -0.39 is 6.04 Å². The predicted octanol–water partition coefficient (Wildman–Crippen LogP) is 1.79. The van der Waals surface area contributed by atoms with Gasteiger partial charge >= 0.3 is 0 Å². The van der Waals surface area contributed by atoms with E-state index in [-0.39, 0.29) is 23.9 Å². The fourth-order valence-corrected chi connectivity index (χ4v) is 3.39. The summed E-state index contributed by atoms with van der Waals surface area (Å²) in [5, 5.41) is 0. The van der Waals surface area contributed by atoms with Crippen LogP contribution in [-0.4, -0.2) is 42.5 Å². The summed E-state index contributed by atoms with van der Waals surface area (Å²) >= 11 is 0. The average molecular weight is 300 g/mol. The van der Waals surface area contributed by atoms with Gasteiger partial charge in [0.1, 0.15) is 5.78 Å². The standard InChI is InChI=1S/C17H20N2O3/c1-18(2)14-7-4-6-12-13(14)10-19(17(12)22)15-8-3-5-11(20)9-16(15)21/h4,6-7,15H,3,5,8-10H2,1-2H3/t15-/m0/s1. The molecule has 1 fully saturated rings. The summed E-state index contributed by atoms with van der Waals surface area (Å²) in [6.07, 6.45) is 1.67. The fraction of sp³-hybridized carbons (Fsp3) is 0.471. The van der Waals surface area contributed by atoms with Crippen LogP contribution in [-0.2, 0) is 16.1 Å². The molecule has 0 bridgehead atoms. The summed E-state index contributed by atoms with van der Waals surface area (Å²) in [6.45, 7) is 0.452. The average Bonchev–Trinajstić information content (AvgIpc) is 2.70. The van der Waals surface area contributed by atoms with Gasteiger partial charge in [-0.15, -0.1) is 0 Å². The number of nitrogens with zero attached hydrogens (tertiary/aromatic N) is 2. The molecule has 1 atom stereocenters. The molecule has 1 amide bonds. The lowest BCUT2D eigenvalue weighted by Crippen LogP contribution is -2.41. The molecule has 2 aliphatic rings. The summed E-state index contributed by atoms with van der Waals surface area (Å²) in [4.78, 5) is 40.2. The number of hydrogen-bond donors (Lipinski definition) is 0. The molecule has 0 unspecified atom stereocenters. The van der Waals surface area contributed by atoms with Crippen molar-refractivity contribution < 1.29 is 14.4 Å². The van der Waals surface area contributed by atoms with E-state index >= 15 is 0 Å². The minimum absolute atomic E-state index is 0.00867. The highest BCUT2D eigenvalue weighted by atomic mass is 16.2. The molecule has 22 heavy (non-hydrogen) atoms. The minimum atomic E-state index is -0.457. The van der Waals surface area contributed by atoms with Gasteiger partial charge in [0.05, 0.1) is 12.5 Å². The van der Waals surface area contributed by atoms with Gasteiger partial charge in [-0.2, -0.15) is 0 Å². The number of carbonyl (C=O) groups is 3. The van der Waals surface area contributed by atoms with Gasteiger partial charge in [-0.3, -0.25) is 14.4 Å². The second kappa shape index (κ2) is 5.55. The monoisotopic (exact) mass is 300 g/mol. The van der Waals surface area contributed by atoms with E-state index in [1.165, 1.54) is 0 Å². The summed E-state index contributed by atoms with van der Waals surface area (Å²) in [7, 11) is 3.89. The van der Waals surface area contributed by atoms with E-state index in [4.69, 9.17) is 0 Å². The van der Waals surface area contributed by atoms with Crippen LogP contribution in [0.1, 0.15) is 41.6 Å². The normalized spacial score (nSPS) is 21.8. The molecule has 0 saturated heterocycles. The minimum Gasteiger partial charge on any atom is -0.377 e. The van der Waals surface area contributed by atoms with Crippen molar-refractivity contribution in [2.75, 3.05) is 19.0 Å². The molecule has 1 aromatic carbocycles. The largest absolute Gasteiger partial charge is 0.377 e. The third kappa shape index (κ3) is 2.40. The van der Waals surface area contributed by atoms with Crippen LogP contribution in [0, 0.1) is 0 Å². The zero-order valence-corrected chi connectivity index (χ0v) is 13.0. The van der Waals surface area contributed by atoms with Crippen LogP contribution < -0.4 is 4.90 Å². The molecular weight excluding hydrogens is 280 g/mol.